The summed E-state index contributed by atoms with van der Waals surface area (Å²) in [5.74, 6) is -0.799. The van der Waals surface area contributed by atoms with Crippen LogP contribution in [-0.4, -0.2) is 22.8 Å². The van der Waals surface area contributed by atoms with Crippen LogP contribution >= 0.6 is 0 Å². The van der Waals surface area contributed by atoms with E-state index in [9.17, 15) is 4.79 Å². The van der Waals surface area contributed by atoms with Crippen molar-refractivity contribution in [2.24, 2.45) is 0 Å². The molecule has 20 heavy (non-hydrogen) atoms. The Morgan fingerprint density at radius 2 is 2.10 bits per heavy atom. The molecule has 0 amide bonds. The number of carbonyl (C=O) groups is 1. The van der Waals surface area contributed by atoms with Crippen molar-refractivity contribution in [2.45, 2.75) is 19.8 Å². The molecule has 0 saturated heterocycles. The molecule has 1 aromatic heterocycles. The number of benzene rings is 1. The van der Waals surface area contributed by atoms with Gasteiger partial charge in [0.25, 0.3) is 0 Å². The number of aromatic nitrogens is 1. The second kappa shape index (κ2) is 6.83. The Hall–Kier alpha value is -2.18. The summed E-state index contributed by atoms with van der Waals surface area (Å²) in [7, 11) is 0. The van der Waals surface area contributed by atoms with E-state index in [0.717, 1.165) is 5.56 Å². The van der Waals surface area contributed by atoms with Crippen molar-refractivity contribution in [1.29, 1.82) is 0 Å². The summed E-state index contributed by atoms with van der Waals surface area (Å²) >= 11 is 0. The van der Waals surface area contributed by atoms with Gasteiger partial charge in [0.1, 0.15) is 6.61 Å². The van der Waals surface area contributed by atoms with Gasteiger partial charge in [0.05, 0.1) is 0 Å². The zero-order valence-corrected chi connectivity index (χ0v) is 11.0. The molecule has 1 heterocycles. The highest BCUT2D eigenvalue weighted by atomic mass is 16.7. The molecule has 1 atom stereocenters. The molecule has 2 aromatic rings. The van der Waals surface area contributed by atoms with Crippen LogP contribution in [-0.2, 0) is 16.1 Å². The maximum atomic E-state index is 10.7. The van der Waals surface area contributed by atoms with Crippen molar-refractivity contribution in [3.8, 4) is 0 Å². The standard InChI is InChI=1S/C14H15NO5/c1-2-18-14(10-6-4-3-5-7-10)19-9-11-8-12(13(16)17)15-20-11/h3-8,14H,2,9H2,1H3,(H,16,17). The van der Waals surface area contributed by atoms with Gasteiger partial charge in [-0.2, -0.15) is 0 Å². The molecule has 0 radical (unpaired) electrons. The normalized spacial score (nSPS) is 12.2. The molecule has 6 nitrogen and oxygen atoms in total. The Balaban J connectivity index is 2.00. The summed E-state index contributed by atoms with van der Waals surface area (Å²) < 4.78 is 16.0. The fraction of sp³-hybridized carbons (Fsp3) is 0.286. The van der Waals surface area contributed by atoms with Gasteiger partial charge in [0.2, 0.25) is 0 Å². The third kappa shape index (κ3) is 3.66. The third-order valence-electron chi connectivity index (χ3n) is 2.54. The first-order valence-corrected chi connectivity index (χ1v) is 6.17. The lowest BCUT2D eigenvalue weighted by molar-refractivity contribution is -0.154. The third-order valence-corrected chi connectivity index (χ3v) is 2.54. The van der Waals surface area contributed by atoms with Gasteiger partial charge in [-0.05, 0) is 6.92 Å². The van der Waals surface area contributed by atoms with Crippen LogP contribution in [0.3, 0.4) is 0 Å². The summed E-state index contributed by atoms with van der Waals surface area (Å²) in [5, 5.41) is 12.2. The molecule has 0 saturated carbocycles. The Morgan fingerprint density at radius 1 is 1.35 bits per heavy atom. The second-order valence-corrected chi connectivity index (χ2v) is 3.99. The largest absolute Gasteiger partial charge is 0.476 e. The summed E-state index contributed by atoms with van der Waals surface area (Å²) in [6.45, 7) is 2.45. The molecule has 6 heteroatoms. The first-order valence-electron chi connectivity index (χ1n) is 6.17. The summed E-state index contributed by atoms with van der Waals surface area (Å²) in [6.07, 6.45) is -0.528. The van der Waals surface area contributed by atoms with Crippen LogP contribution in [0.25, 0.3) is 0 Å². The molecular formula is C14H15NO5. The zero-order chi connectivity index (χ0) is 14.4. The number of rotatable bonds is 7. The van der Waals surface area contributed by atoms with Gasteiger partial charge in [0, 0.05) is 18.2 Å². The molecule has 1 unspecified atom stereocenters. The van der Waals surface area contributed by atoms with Crippen molar-refractivity contribution in [2.75, 3.05) is 6.61 Å². The highest BCUT2D eigenvalue weighted by Gasteiger charge is 2.15. The maximum Gasteiger partial charge on any atom is 0.358 e. The van der Waals surface area contributed by atoms with Crippen LogP contribution in [0.5, 0.6) is 0 Å². The van der Waals surface area contributed by atoms with Crippen molar-refractivity contribution < 1.29 is 23.9 Å². The van der Waals surface area contributed by atoms with Crippen molar-refractivity contribution >= 4 is 5.97 Å². The van der Waals surface area contributed by atoms with Crippen LogP contribution < -0.4 is 0 Å². The van der Waals surface area contributed by atoms with Gasteiger partial charge in [-0.25, -0.2) is 4.79 Å². The molecule has 0 aliphatic heterocycles. The van der Waals surface area contributed by atoms with Crippen LogP contribution in [0.15, 0.2) is 40.9 Å². The Morgan fingerprint density at radius 3 is 2.70 bits per heavy atom. The van der Waals surface area contributed by atoms with Crippen LogP contribution in [0, 0.1) is 0 Å². The molecule has 106 valence electrons. The SMILES string of the molecule is CCOC(OCc1cc(C(=O)O)no1)c1ccccc1. The zero-order valence-electron chi connectivity index (χ0n) is 11.0. The van der Waals surface area contributed by atoms with Gasteiger partial charge >= 0.3 is 5.97 Å². The Bertz CT molecular complexity index is 552. The summed E-state index contributed by atoms with van der Waals surface area (Å²) in [5.41, 5.74) is 0.739. The Labute approximate surface area is 115 Å². The maximum absolute atomic E-state index is 10.7. The molecule has 2 rings (SSSR count). The monoisotopic (exact) mass is 277 g/mol. The van der Waals surface area contributed by atoms with Gasteiger partial charge in [-0.1, -0.05) is 35.5 Å². The number of ether oxygens (including phenoxy) is 2. The van der Waals surface area contributed by atoms with E-state index in [-0.39, 0.29) is 12.3 Å². The van der Waals surface area contributed by atoms with E-state index < -0.39 is 12.3 Å². The second-order valence-electron chi connectivity index (χ2n) is 3.99. The minimum atomic E-state index is -1.13. The van der Waals surface area contributed by atoms with Crippen LogP contribution in [0.4, 0.5) is 0 Å². The fourth-order valence-corrected chi connectivity index (χ4v) is 1.64. The van der Waals surface area contributed by atoms with Gasteiger partial charge in [-0.15, -0.1) is 0 Å². The lowest BCUT2D eigenvalue weighted by atomic mass is 10.2. The van der Waals surface area contributed by atoms with E-state index in [0.29, 0.717) is 12.4 Å². The van der Waals surface area contributed by atoms with Crippen LogP contribution in [0.1, 0.15) is 35.0 Å². The first-order chi connectivity index (χ1) is 9.70. The van der Waals surface area contributed by atoms with Gasteiger partial charge in [-0.3, -0.25) is 0 Å². The van der Waals surface area contributed by atoms with Crippen molar-refractivity contribution in [1.82, 2.24) is 5.16 Å². The van der Waals surface area contributed by atoms with E-state index in [4.69, 9.17) is 19.1 Å². The predicted molar refractivity (Wildman–Crippen MR) is 69.1 cm³/mol. The molecular weight excluding hydrogens is 262 g/mol. The summed E-state index contributed by atoms with van der Waals surface area (Å²) in [4.78, 5) is 10.7. The summed E-state index contributed by atoms with van der Waals surface area (Å²) in [6, 6.07) is 10.8. The fourth-order valence-electron chi connectivity index (χ4n) is 1.64. The smallest absolute Gasteiger partial charge is 0.358 e. The number of hydrogen-bond donors (Lipinski definition) is 1. The van der Waals surface area contributed by atoms with E-state index in [1.54, 1.807) is 0 Å². The Kier molecular flexibility index (Phi) is 4.86. The molecule has 0 bridgehead atoms. The molecule has 0 spiro atoms. The average molecular weight is 277 g/mol. The molecule has 1 aromatic carbocycles. The predicted octanol–water partition coefficient (Wildman–Crippen LogP) is 2.62. The van der Waals surface area contributed by atoms with E-state index in [1.165, 1.54) is 6.07 Å². The number of aromatic carboxylic acids is 1. The molecule has 1 N–H and O–H groups in total. The van der Waals surface area contributed by atoms with Crippen molar-refractivity contribution in [3.63, 3.8) is 0 Å². The van der Waals surface area contributed by atoms with Gasteiger partial charge < -0.3 is 19.1 Å². The number of carboxylic acids is 1. The quantitative estimate of drug-likeness (QED) is 0.783. The average Bonchev–Trinajstić information content (AvgIpc) is 2.93. The minimum absolute atomic E-state index is 0.0832. The van der Waals surface area contributed by atoms with E-state index >= 15 is 0 Å². The number of nitrogens with zero attached hydrogens (tertiary/aromatic N) is 1. The highest BCUT2D eigenvalue weighted by Crippen LogP contribution is 2.20. The molecule has 0 aliphatic rings. The molecule has 0 aliphatic carbocycles. The highest BCUT2D eigenvalue weighted by molar-refractivity contribution is 5.85. The number of hydrogen-bond acceptors (Lipinski definition) is 5. The lowest BCUT2D eigenvalue weighted by Gasteiger charge is -2.17. The minimum Gasteiger partial charge on any atom is -0.476 e. The number of carboxylic acid groups (broad SMARTS) is 1. The van der Waals surface area contributed by atoms with Crippen LogP contribution in [0.2, 0.25) is 0 Å². The van der Waals surface area contributed by atoms with Crippen molar-refractivity contribution in [3.05, 3.63) is 53.4 Å². The molecule has 0 fully saturated rings. The van der Waals surface area contributed by atoms with Gasteiger partial charge in [0.15, 0.2) is 17.7 Å². The lowest BCUT2D eigenvalue weighted by Crippen LogP contribution is -2.08. The first kappa shape index (κ1) is 14.2. The van der Waals surface area contributed by atoms with E-state index in [2.05, 4.69) is 5.16 Å². The topological polar surface area (TPSA) is 81.8 Å². The van der Waals surface area contributed by atoms with E-state index in [1.807, 2.05) is 37.3 Å².